The predicted octanol–water partition coefficient (Wildman–Crippen LogP) is 2.08. The van der Waals surface area contributed by atoms with Gasteiger partial charge in [0.25, 0.3) is 5.91 Å². The Kier molecular flexibility index (Phi) is 5.10. The van der Waals surface area contributed by atoms with Gasteiger partial charge in [-0.05, 0) is 24.3 Å². The zero-order valence-electron chi connectivity index (χ0n) is 8.61. The Hall–Kier alpha value is -1.79. The fraction of sp³-hybridized carbons (Fsp3) is 0.167. The zero-order chi connectivity index (χ0) is 11.8. The Bertz CT molecular complexity index is 418. The van der Waals surface area contributed by atoms with Crippen molar-refractivity contribution in [2.75, 3.05) is 12.4 Å². The van der Waals surface area contributed by atoms with E-state index in [-0.39, 0.29) is 5.91 Å². The molecule has 0 saturated heterocycles. The molecule has 0 spiro atoms. The number of benzene rings is 1. The molecule has 0 aromatic heterocycles. The Morgan fingerprint density at radius 2 is 2.06 bits per heavy atom. The van der Waals surface area contributed by atoms with Crippen LogP contribution < -0.4 is 5.32 Å². The average molecular weight is 235 g/mol. The van der Waals surface area contributed by atoms with E-state index in [1.165, 1.54) is 0 Å². The Morgan fingerprint density at radius 3 is 2.62 bits per heavy atom. The number of rotatable bonds is 4. The van der Waals surface area contributed by atoms with Crippen LogP contribution in [0.15, 0.2) is 36.4 Å². The van der Waals surface area contributed by atoms with E-state index in [1.807, 2.05) is 6.07 Å². The van der Waals surface area contributed by atoms with E-state index < -0.39 is 0 Å². The van der Waals surface area contributed by atoms with Crippen molar-refractivity contribution in [3.63, 3.8) is 0 Å². The second kappa shape index (κ2) is 6.65. The molecule has 4 heteroatoms. The maximum atomic E-state index is 11.5. The van der Waals surface area contributed by atoms with Gasteiger partial charge in [-0.2, -0.15) is 5.26 Å². The molecule has 0 aliphatic heterocycles. The van der Waals surface area contributed by atoms with Gasteiger partial charge in [0.1, 0.15) is 0 Å². The molecule has 0 aliphatic carbocycles. The first-order valence-corrected chi connectivity index (χ1v) is 5.30. The summed E-state index contributed by atoms with van der Waals surface area (Å²) in [4.78, 5) is 11.5. The average Bonchev–Trinajstić information content (AvgIpc) is 2.34. The van der Waals surface area contributed by atoms with Gasteiger partial charge in [0, 0.05) is 18.0 Å². The number of amides is 1. The Morgan fingerprint density at radius 1 is 1.38 bits per heavy atom. The molecule has 16 heavy (non-hydrogen) atoms. The summed E-state index contributed by atoms with van der Waals surface area (Å²) in [6.07, 6.45) is 3.55. The van der Waals surface area contributed by atoms with Crippen LogP contribution in [0, 0.1) is 11.3 Å². The van der Waals surface area contributed by atoms with E-state index in [0.717, 1.165) is 0 Å². The molecule has 0 radical (unpaired) electrons. The summed E-state index contributed by atoms with van der Waals surface area (Å²) in [5, 5.41) is 11.3. The first-order valence-electron chi connectivity index (χ1n) is 4.77. The minimum Gasteiger partial charge on any atom is -0.349 e. The molecule has 1 rings (SSSR count). The van der Waals surface area contributed by atoms with Crippen LogP contribution in [0.2, 0.25) is 0 Å². The minimum absolute atomic E-state index is 0.163. The van der Waals surface area contributed by atoms with Gasteiger partial charge >= 0.3 is 0 Å². The topological polar surface area (TPSA) is 52.9 Å². The van der Waals surface area contributed by atoms with E-state index in [1.54, 1.807) is 36.4 Å². The van der Waals surface area contributed by atoms with Crippen molar-refractivity contribution in [3.8, 4) is 6.07 Å². The molecular weight excluding hydrogens is 224 g/mol. The lowest BCUT2D eigenvalue weighted by molar-refractivity contribution is 0.0958. The van der Waals surface area contributed by atoms with Crippen molar-refractivity contribution < 1.29 is 4.79 Å². The normalized spacial score (nSPS) is 10.0. The van der Waals surface area contributed by atoms with E-state index in [9.17, 15) is 4.79 Å². The SMILES string of the molecule is N#Cc1ccc(C(=O)NC/C=C/CCl)cc1. The van der Waals surface area contributed by atoms with Crippen LogP contribution in [0.1, 0.15) is 15.9 Å². The summed E-state index contributed by atoms with van der Waals surface area (Å²) < 4.78 is 0. The van der Waals surface area contributed by atoms with Gasteiger partial charge in [0.2, 0.25) is 0 Å². The molecule has 1 aromatic rings. The van der Waals surface area contributed by atoms with Crippen LogP contribution in [0.3, 0.4) is 0 Å². The summed E-state index contributed by atoms with van der Waals surface area (Å²) in [5.41, 5.74) is 1.08. The lowest BCUT2D eigenvalue weighted by Gasteiger charge is -2.01. The summed E-state index contributed by atoms with van der Waals surface area (Å²) >= 11 is 5.44. The van der Waals surface area contributed by atoms with Gasteiger partial charge in [-0.25, -0.2) is 0 Å². The Balaban J connectivity index is 2.53. The second-order valence-corrected chi connectivity index (χ2v) is 3.33. The summed E-state index contributed by atoms with van der Waals surface area (Å²) in [6.45, 7) is 0.450. The lowest BCUT2D eigenvalue weighted by Crippen LogP contribution is -2.23. The number of alkyl halides is 1. The summed E-state index contributed by atoms with van der Waals surface area (Å²) in [5.74, 6) is 0.274. The molecule has 0 fully saturated rings. The maximum absolute atomic E-state index is 11.5. The molecule has 3 nitrogen and oxygen atoms in total. The zero-order valence-corrected chi connectivity index (χ0v) is 9.37. The van der Waals surface area contributed by atoms with Crippen LogP contribution in [0.4, 0.5) is 0 Å². The highest BCUT2D eigenvalue weighted by molar-refractivity contribution is 6.18. The second-order valence-electron chi connectivity index (χ2n) is 3.02. The number of carbonyl (C=O) groups is 1. The van der Waals surface area contributed by atoms with Crippen LogP contribution in [0.5, 0.6) is 0 Å². The molecule has 82 valence electrons. The number of nitrogens with one attached hydrogen (secondary N) is 1. The van der Waals surface area contributed by atoms with Gasteiger partial charge in [-0.1, -0.05) is 12.2 Å². The van der Waals surface area contributed by atoms with Crippen molar-refractivity contribution in [1.82, 2.24) is 5.32 Å². The third-order valence-electron chi connectivity index (χ3n) is 1.91. The quantitative estimate of drug-likeness (QED) is 0.641. The third kappa shape index (κ3) is 3.76. The minimum atomic E-state index is -0.163. The van der Waals surface area contributed by atoms with E-state index in [4.69, 9.17) is 16.9 Å². The summed E-state index contributed by atoms with van der Waals surface area (Å²) in [7, 11) is 0. The predicted molar refractivity (Wildman–Crippen MR) is 63.4 cm³/mol. The molecule has 0 unspecified atom stereocenters. The molecule has 0 aliphatic rings. The van der Waals surface area contributed by atoms with Gasteiger partial charge in [0.15, 0.2) is 0 Å². The van der Waals surface area contributed by atoms with E-state index in [2.05, 4.69) is 5.32 Å². The summed E-state index contributed by atoms with van der Waals surface area (Å²) in [6, 6.07) is 8.47. The fourth-order valence-electron chi connectivity index (χ4n) is 1.10. The molecule has 1 amide bonds. The molecule has 0 saturated carbocycles. The van der Waals surface area contributed by atoms with Crippen LogP contribution in [-0.2, 0) is 0 Å². The van der Waals surface area contributed by atoms with E-state index in [0.29, 0.717) is 23.6 Å². The number of nitrogens with zero attached hydrogens (tertiary/aromatic N) is 1. The number of nitriles is 1. The lowest BCUT2D eigenvalue weighted by atomic mass is 10.1. The van der Waals surface area contributed by atoms with Crippen LogP contribution in [0.25, 0.3) is 0 Å². The van der Waals surface area contributed by atoms with Crippen molar-refractivity contribution in [2.45, 2.75) is 0 Å². The van der Waals surface area contributed by atoms with E-state index >= 15 is 0 Å². The van der Waals surface area contributed by atoms with Crippen molar-refractivity contribution in [1.29, 1.82) is 5.26 Å². The highest BCUT2D eigenvalue weighted by Gasteiger charge is 2.02. The number of hydrogen-bond acceptors (Lipinski definition) is 2. The first-order chi connectivity index (χ1) is 7.77. The monoisotopic (exact) mass is 234 g/mol. The molecular formula is C12H11ClN2O. The number of hydrogen-bond donors (Lipinski definition) is 1. The number of halogens is 1. The number of allylic oxidation sites excluding steroid dienone is 1. The van der Waals surface area contributed by atoms with Crippen LogP contribution >= 0.6 is 11.6 Å². The number of carbonyl (C=O) groups excluding carboxylic acids is 1. The smallest absolute Gasteiger partial charge is 0.251 e. The largest absolute Gasteiger partial charge is 0.349 e. The molecule has 1 aromatic carbocycles. The van der Waals surface area contributed by atoms with Crippen LogP contribution in [-0.4, -0.2) is 18.3 Å². The van der Waals surface area contributed by atoms with Crippen molar-refractivity contribution in [3.05, 3.63) is 47.5 Å². The third-order valence-corrected chi connectivity index (χ3v) is 2.09. The first kappa shape index (κ1) is 12.3. The van der Waals surface area contributed by atoms with Gasteiger partial charge in [-0.15, -0.1) is 11.6 Å². The van der Waals surface area contributed by atoms with Crippen molar-refractivity contribution in [2.24, 2.45) is 0 Å². The maximum Gasteiger partial charge on any atom is 0.251 e. The highest BCUT2D eigenvalue weighted by atomic mass is 35.5. The fourth-order valence-corrected chi connectivity index (χ4v) is 1.22. The highest BCUT2D eigenvalue weighted by Crippen LogP contribution is 2.02. The molecule has 0 heterocycles. The Labute approximate surface area is 99.3 Å². The van der Waals surface area contributed by atoms with Gasteiger partial charge in [0.05, 0.1) is 11.6 Å². The standard InChI is InChI=1S/C12H11ClN2O/c13-7-1-2-8-15-12(16)11-5-3-10(9-14)4-6-11/h1-6H,7-8H2,(H,15,16)/b2-1+. The van der Waals surface area contributed by atoms with Crippen molar-refractivity contribution >= 4 is 17.5 Å². The molecule has 1 N–H and O–H groups in total. The van der Waals surface area contributed by atoms with Gasteiger partial charge < -0.3 is 5.32 Å². The molecule has 0 bridgehead atoms. The van der Waals surface area contributed by atoms with Gasteiger partial charge in [-0.3, -0.25) is 4.79 Å². The molecule has 0 atom stereocenters.